The summed E-state index contributed by atoms with van der Waals surface area (Å²) < 4.78 is 37.4. The average molecular weight is 446 g/mol. The lowest BCUT2D eigenvalue weighted by atomic mass is 10.1. The maximum absolute atomic E-state index is 12.9. The number of rotatable bonds is 9. The van der Waals surface area contributed by atoms with Crippen molar-refractivity contribution < 1.29 is 23.0 Å². The zero-order valence-corrected chi connectivity index (χ0v) is 18.4. The number of aromatic nitrogens is 1. The van der Waals surface area contributed by atoms with Crippen LogP contribution in [0.1, 0.15) is 44.7 Å². The molecule has 8 heteroatoms. The van der Waals surface area contributed by atoms with Crippen LogP contribution in [-0.4, -0.2) is 42.6 Å². The number of pyridine rings is 1. The van der Waals surface area contributed by atoms with Gasteiger partial charge in [0.1, 0.15) is 23.4 Å². The lowest BCUT2D eigenvalue weighted by molar-refractivity contribution is -0.121. The van der Waals surface area contributed by atoms with Crippen LogP contribution in [0.15, 0.2) is 42.6 Å². The highest BCUT2D eigenvalue weighted by atomic mass is 19.3. The first-order chi connectivity index (χ1) is 15.3. The molecule has 172 valence electrons. The summed E-state index contributed by atoms with van der Waals surface area (Å²) in [5.74, 6) is -1.10. The van der Waals surface area contributed by atoms with Gasteiger partial charge in [-0.25, -0.2) is 13.8 Å². The smallest absolute Gasteiger partial charge is 0.255 e. The van der Waals surface area contributed by atoms with Gasteiger partial charge in [0.15, 0.2) is 0 Å². The molecule has 2 fully saturated rings. The summed E-state index contributed by atoms with van der Waals surface area (Å²) in [5.41, 5.74) is 1.03. The van der Waals surface area contributed by atoms with E-state index in [1.54, 1.807) is 12.3 Å². The molecule has 0 radical (unpaired) electrons. The molecule has 1 saturated carbocycles. The van der Waals surface area contributed by atoms with E-state index in [4.69, 9.17) is 9.47 Å². The molecule has 4 rings (SSSR count). The van der Waals surface area contributed by atoms with Crippen molar-refractivity contribution in [2.75, 3.05) is 24.6 Å². The maximum Gasteiger partial charge on any atom is 0.255 e. The van der Waals surface area contributed by atoms with Gasteiger partial charge in [0.2, 0.25) is 5.91 Å². The Morgan fingerprint density at radius 1 is 1.25 bits per heavy atom. The molecule has 1 aromatic carbocycles. The molecule has 1 aliphatic heterocycles. The van der Waals surface area contributed by atoms with E-state index < -0.39 is 11.8 Å². The van der Waals surface area contributed by atoms with Crippen LogP contribution in [0.2, 0.25) is 0 Å². The van der Waals surface area contributed by atoms with Gasteiger partial charge in [0.25, 0.3) is 5.92 Å². The topological polar surface area (TPSA) is 63.7 Å². The highest BCUT2D eigenvalue weighted by Crippen LogP contribution is 2.48. The number of ether oxygens (including phenoxy) is 2. The fourth-order valence-electron chi connectivity index (χ4n) is 3.78. The largest absolute Gasteiger partial charge is 0.491 e. The van der Waals surface area contributed by atoms with Crippen molar-refractivity contribution in [1.29, 1.82) is 0 Å². The highest BCUT2D eigenvalue weighted by Gasteiger charge is 2.57. The van der Waals surface area contributed by atoms with Crippen LogP contribution >= 0.6 is 0 Å². The monoisotopic (exact) mass is 445 g/mol. The molecule has 1 saturated heterocycles. The fraction of sp³-hybridized carbons (Fsp3) is 0.500. The van der Waals surface area contributed by atoms with E-state index in [2.05, 4.69) is 15.2 Å². The molecule has 1 N–H and O–H groups in total. The van der Waals surface area contributed by atoms with Crippen LogP contribution in [0.3, 0.4) is 0 Å². The van der Waals surface area contributed by atoms with E-state index in [0.29, 0.717) is 18.7 Å². The molecule has 6 nitrogen and oxygen atoms in total. The lowest BCUT2D eigenvalue weighted by Gasteiger charge is -2.19. The Morgan fingerprint density at radius 3 is 2.59 bits per heavy atom. The molecule has 0 bridgehead atoms. The van der Waals surface area contributed by atoms with Gasteiger partial charge in [-0.2, -0.15) is 0 Å². The third-order valence-electron chi connectivity index (χ3n) is 5.98. The minimum absolute atomic E-state index is 0.0240. The Kier molecular flexibility index (Phi) is 6.48. The molecule has 2 aromatic rings. The quantitative estimate of drug-likeness (QED) is 0.621. The first-order valence-corrected chi connectivity index (χ1v) is 11.1. The Morgan fingerprint density at radius 2 is 1.97 bits per heavy atom. The van der Waals surface area contributed by atoms with E-state index in [1.165, 1.54) is 0 Å². The summed E-state index contributed by atoms with van der Waals surface area (Å²) in [6.45, 7) is 5.36. The van der Waals surface area contributed by atoms with Crippen LogP contribution in [0.4, 0.5) is 14.6 Å². The third-order valence-corrected chi connectivity index (χ3v) is 5.98. The van der Waals surface area contributed by atoms with E-state index in [-0.39, 0.29) is 31.1 Å². The van der Waals surface area contributed by atoms with Gasteiger partial charge in [0.05, 0.1) is 31.3 Å². The summed E-state index contributed by atoms with van der Waals surface area (Å²) in [4.78, 5) is 18.1. The maximum atomic E-state index is 12.9. The van der Waals surface area contributed by atoms with E-state index in [1.807, 2.05) is 44.2 Å². The van der Waals surface area contributed by atoms with Gasteiger partial charge < -0.3 is 19.7 Å². The number of nitrogens with one attached hydrogen (secondary N) is 1. The SMILES string of the molecule is CCC(=O)N[C@@H](C)c1ccc(O[C@@H]2CCN(c3ccc(OCC4CC4(F)F)cn3)C2)cc1. The molecule has 1 aliphatic carbocycles. The van der Waals surface area contributed by atoms with Crippen LogP contribution in [-0.2, 0) is 4.79 Å². The molecule has 1 aromatic heterocycles. The van der Waals surface area contributed by atoms with Crippen LogP contribution in [0, 0.1) is 5.92 Å². The number of amides is 1. The Bertz CT molecular complexity index is 921. The Balaban J connectivity index is 1.25. The minimum Gasteiger partial charge on any atom is -0.491 e. The second kappa shape index (κ2) is 9.30. The van der Waals surface area contributed by atoms with Crippen LogP contribution in [0.25, 0.3) is 0 Å². The molecule has 2 heterocycles. The lowest BCUT2D eigenvalue weighted by Crippen LogP contribution is -2.26. The van der Waals surface area contributed by atoms with Crippen molar-refractivity contribution in [1.82, 2.24) is 10.3 Å². The molecule has 1 unspecified atom stereocenters. The van der Waals surface area contributed by atoms with Crippen molar-refractivity contribution in [3.05, 3.63) is 48.2 Å². The van der Waals surface area contributed by atoms with Crippen LogP contribution in [0.5, 0.6) is 11.5 Å². The first-order valence-electron chi connectivity index (χ1n) is 11.1. The number of anilines is 1. The van der Waals surface area contributed by atoms with Crippen molar-refractivity contribution in [3.63, 3.8) is 0 Å². The second-order valence-electron chi connectivity index (χ2n) is 8.51. The number of carbonyl (C=O) groups is 1. The van der Waals surface area contributed by atoms with Gasteiger partial charge in [-0.3, -0.25) is 4.79 Å². The van der Waals surface area contributed by atoms with Gasteiger partial charge >= 0.3 is 0 Å². The van der Waals surface area contributed by atoms with Gasteiger partial charge in [-0.15, -0.1) is 0 Å². The number of alkyl halides is 2. The first kappa shape index (κ1) is 22.3. The summed E-state index contributed by atoms with van der Waals surface area (Å²) in [6, 6.07) is 11.4. The number of carbonyl (C=O) groups excluding carboxylic acids is 1. The standard InChI is InChI=1S/C24H29F2N3O3/c1-3-23(30)28-16(2)17-4-6-19(7-5-17)32-21-10-11-29(14-21)22-9-8-20(13-27-22)31-15-18-12-24(18,25)26/h4-9,13,16,18,21H,3,10-12,14-15H2,1-2H3,(H,28,30)/t16-,18?,21+/m0/s1. The summed E-state index contributed by atoms with van der Waals surface area (Å²) in [5, 5.41) is 2.95. The van der Waals surface area contributed by atoms with E-state index >= 15 is 0 Å². The van der Waals surface area contributed by atoms with Crippen molar-refractivity contribution in [3.8, 4) is 11.5 Å². The van der Waals surface area contributed by atoms with Crippen molar-refractivity contribution in [2.45, 2.75) is 51.2 Å². The fourth-order valence-corrected chi connectivity index (χ4v) is 3.78. The van der Waals surface area contributed by atoms with Crippen molar-refractivity contribution in [2.24, 2.45) is 5.92 Å². The van der Waals surface area contributed by atoms with E-state index in [0.717, 1.165) is 30.1 Å². The molecular formula is C24H29F2N3O3. The molecule has 2 aliphatic rings. The van der Waals surface area contributed by atoms with E-state index in [9.17, 15) is 13.6 Å². The number of halogens is 2. The summed E-state index contributed by atoms with van der Waals surface area (Å²) in [6.07, 6.45) is 2.88. The van der Waals surface area contributed by atoms with Gasteiger partial charge in [-0.05, 0) is 36.8 Å². The average Bonchev–Trinajstić information content (AvgIpc) is 3.16. The second-order valence-corrected chi connectivity index (χ2v) is 8.51. The zero-order chi connectivity index (χ0) is 22.7. The van der Waals surface area contributed by atoms with Crippen molar-refractivity contribution >= 4 is 11.7 Å². The summed E-state index contributed by atoms with van der Waals surface area (Å²) >= 11 is 0. The molecule has 32 heavy (non-hydrogen) atoms. The van der Waals surface area contributed by atoms with Gasteiger partial charge in [0, 0.05) is 25.8 Å². The number of hydrogen-bond acceptors (Lipinski definition) is 5. The Hall–Kier alpha value is -2.90. The van der Waals surface area contributed by atoms with Crippen LogP contribution < -0.4 is 19.7 Å². The zero-order valence-electron chi connectivity index (χ0n) is 18.4. The number of benzene rings is 1. The number of hydrogen-bond donors (Lipinski definition) is 1. The molecule has 1 amide bonds. The molecule has 0 spiro atoms. The summed E-state index contributed by atoms with van der Waals surface area (Å²) in [7, 11) is 0. The predicted molar refractivity (Wildman–Crippen MR) is 117 cm³/mol. The van der Waals surface area contributed by atoms with Gasteiger partial charge in [-0.1, -0.05) is 19.1 Å². The number of nitrogens with zero attached hydrogens (tertiary/aromatic N) is 2. The third kappa shape index (κ3) is 5.47. The predicted octanol–water partition coefficient (Wildman–Crippen LogP) is 4.36. The normalized spacial score (nSPS) is 22.3. The molecule has 3 atom stereocenters. The molecular weight excluding hydrogens is 416 g/mol. The highest BCUT2D eigenvalue weighted by molar-refractivity contribution is 5.76. The Labute approximate surface area is 186 Å². The minimum atomic E-state index is -2.57.